The van der Waals surface area contributed by atoms with Gasteiger partial charge in [0.2, 0.25) is 0 Å². The molecule has 4 aromatic rings. The second-order valence-electron chi connectivity index (χ2n) is 5.96. The number of aromatic nitrogens is 2. The maximum atomic E-state index is 11.4. The number of rotatable bonds is 4. The predicted molar refractivity (Wildman–Crippen MR) is 109 cm³/mol. The molecule has 0 bridgehead atoms. The molecule has 0 saturated heterocycles. The molecule has 0 aliphatic heterocycles. The summed E-state index contributed by atoms with van der Waals surface area (Å²) in [6, 6.07) is 16.2. The molecule has 2 aromatic carbocycles. The van der Waals surface area contributed by atoms with E-state index in [9.17, 15) is 9.90 Å². The maximum Gasteiger partial charge on any atom is 0.316 e. The van der Waals surface area contributed by atoms with E-state index >= 15 is 0 Å². The molecule has 0 aliphatic carbocycles. The van der Waals surface area contributed by atoms with Gasteiger partial charge in [0.15, 0.2) is 0 Å². The lowest BCUT2D eigenvalue weighted by molar-refractivity contribution is -0.136. The van der Waals surface area contributed by atoms with Crippen molar-refractivity contribution in [2.45, 2.75) is 17.2 Å². The molecule has 1 atom stereocenters. The second-order valence-corrected chi connectivity index (χ2v) is 8.18. The number of hydrogen-bond acceptors (Lipinski definition) is 3. The first kappa shape index (κ1) is 17.1. The molecule has 26 heavy (non-hydrogen) atoms. The van der Waals surface area contributed by atoms with Gasteiger partial charge in [-0.25, -0.2) is 0 Å². The van der Waals surface area contributed by atoms with E-state index in [0.717, 1.165) is 36.9 Å². The van der Waals surface area contributed by atoms with Crippen LogP contribution in [0.15, 0.2) is 70.4 Å². The van der Waals surface area contributed by atoms with Crippen LogP contribution in [0.3, 0.4) is 0 Å². The van der Waals surface area contributed by atoms with E-state index in [1.807, 2.05) is 36.5 Å². The molecule has 6 heteroatoms. The molecule has 0 spiro atoms. The Labute approximate surface area is 163 Å². The maximum absolute atomic E-state index is 11.4. The summed E-state index contributed by atoms with van der Waals surface area (Å²) in [5.74, 6) is -0.828. The average Bonchev–Trinajstić information content (AvgIpc) is 3.00. The molecule has 0 aliphatic rings. The van der Waals surface area contributed by atoms with Gasteiger partial charge in [-0.3, -0.25) is 9.78 Å². The van der Waals surface area contributed by atoms with Crippen LogP contribution >= 0.6 is 27.7 Å². The Kier molecular flexibility index (Phi) is 4.46. The monoisotopic (exact) mass is 426 g/mol. The molecule has 1 N–H and O–H groups in total. The van der Waals surface area contributed by atoms with Gasteiger partial charge in [0.05, 0.1) is 16.2 Å². The van der Waals surface area contributed by atoms with E-state index in [2.05, 4.69) is 43.7 Å². The lowest BCUT2D eigenvalue weighted by Gasteiger charge is -2.15. The first-order valence-electron chi connectivity index (χ1n) is 8.09. The van der Waals surface area contributed by atoms with Crippen molar-refractivity contribution in [3.8, 4) is 5.69 Å². The van der Waals surface area contributed by atoms with E-state index in [4.69, 9.17) is 0 Å². The Morgan fingerprint density at radius 1 is 1.19 bits per heavy atom. The van der Waals surface area contributed by atoms with Crippen molar-refractivity contribution in [2.24, 2.45) is 0 Å². The minimum atomic E-state index is -0.828. The molecule has 0 radical (unpaired) electrons. The summed E-state index contributed by atoms with van der Waals surface area (Å²) in [7, 11) is 0. The van der Waals surface area contributed by atoms with Gasteiger partial charge in [-0.05, 0) is 36.6 Å². The third-order valence-corrected chi connectivity index (χ3v) is 6.09. The van der Waals surface area contributed by atoms with E-state index < -0.39 is 11.2 Å². The van der Waals surface area contributed by atoms with E-state index in [1.54, 1.807) is 13.1 Å². The van der Waals surface area contributed by atoms with Gasteiger partial charge in [0.1, 0.15) is 5.25 Å². The van der Waals surface area contributed by atoms with Crippen molar-refractivity contribution in [1.82, 2.24) is 9.55 Å². The smallest absolute Gasteiger partial charge is 0.316 e. The zero-order valence-electron chi connectivity index (χ0n) is 13.9. The summed E-state index contributed by atoms with van der Waals surface area (Å²) < 4.78 is 3.15. The molecule has 2 aromatic heterocycles. The number of benzene rings is 2. The van der Waals surface area contributed by atoms with E-state index in [-0.39, 0.29) is 0 Å². The molecule has 0 saturated carbocycles. The summed E-state index contributed by atoms with van der Waals surface area (Å²) in [6.07, 6.45) is 3.57. The Balaban J connectivity index is 2.02. The number of nitrogens with zero attached hydrogens (tertiary/aromatic N) is 2. The first-order valence-corrected chi connectivity index (χ1v) is 9.76. The molecular formula is C20H15BrN2O2S. The van der Waals surface area contributed by atoms with E-state index in [1.165, 1.54) is 11.8 Å². The SMILES string of the molecule is CC(Sc1cc2cnccc2n1-c1ccc(Br)c2ccccc12)C(=O)O. The van der Waals surface area contributed by atoms with Crippen molar-refractivity contribution in [1.29, 1.82) is 0 Å². The highest BCUT2D eigenvalue weighted by Crippen LogP contribution is 2.37. The van der Waals surface area contributed by atoms with Crippen LogP contribution in [-0.4, -0.2) is 25.9 Å². The topological polar surface area (TPSA) is 55.1 Å². The summed E-state index contributed by atoms with van der Waals surface area (Å²) in [4.78, 5) is 15.6. The highest BCUT2D eigenvalue weighted by molar-refractivity contribution is 9.10. The van der Waals surface area contributed by atoms with Gasteiger partial charge in [-0.1, -0.05) is 52.0 Å². The number of halogens is 1. The normalized spacial score (nSPS) is 12.5. The number of carbonyl (C=O) groups is 1. The molecule has 0 amide bonds. The van der Waals surface area contributed by atoms with Crippen molar-refractivity contribution < 1.29 is 9.90 Å². The molecule has 0 fully saturated rings. The van der Waals surface area contributed by atoms with Crippen LogP contribution in [0, 0.1) is 0 Å². The highest BCUT2D eigenvalue weighted by Gasteiger charge is 2.19. The number of pyridine rings is 1. The van der Waals surface area contributed by atoms with Crippen LogP contribution in [0.2, 0.25) is 0 Å². The van der Waals surface area contributed by atoms with Crippen molar-refractivity contribution in [3.05, 3.63) is 65.4 Å². The van der Waals surface area contributed by atoms with Crippen molar-refractivity contribution in [3.63, 3.8) is 0 Å². The van der Waals surface area contributed by atoms with Gasteiger partial charge >= 0.3 is 5.97 Å². The highest BCUT2D eigenvalue weighted by atomic mass is 79.9. The summed E-state index contributed by atoms with van der Waals surface area (Å²) in [5.41, 5.74) is 2.03. The number of aliphatic carboxylic acids is 1. The van der Waals surface area contributed by atoms with Crippen LogP contribution in [0.4, 0.5) is 0 Å². The van der Waals surface area contributed by atoms with Gasteiger partial charge in [-0.2, -0.15) is 0 Å². The Hall–Kier alpha value is -2.31. The quantitative estimate of drug-likeness (QED) is 0.437. The fourth-order valence-electron chi connectivity index (χ4n) is 3.04. The zero-order valence-corrected chi connectivity index (χ0v) is 16.3. The number of fused-ring (bicyclic) bond motifs is 2. The van der Waals surface area contributed by atoms with Gasteiger partial charge < -0.3 is 9.67 Å². The summed E-state index contributed by atoms with van der Waals surface area (Å²) >= 11 is 4.96. The molecule has 1 unspecified atom stereocenters. The van der Waals surface area contributed by atoms with Crippen LogP contribution in [0.25, 0.3) is 27.4 Å². The standard InChI is InChI=1S/C20H15BrN2O2S/c1-12(20(24)25)26-19-10-13-11-22-9-8-17(13)23(19)18-7-6-16(21)14-4-2-3-5-15(14)18/h2-12H,1H3,(H,24,25). The second kappa shape index (κ2) is 6.78. The van der Waals surface area contributed by atoms with Crippen LogP contribution in [-0.2, 0) is 4.79 Å². The fraction of sp³-hybridized carbons (Fsp3) is 0.100. The third kappa shape index (κ3) is 2.89. The van der Waals surface area contributed by atoms with Gasteiger partial charge in [0, 0.05) is 27.6 Å². The van der Waals surface area contributed by atoms with Gasteiger partial charge in [0.25, 0.3) is 0 Å². The predicted octanol–water partition coefficient (Wildman–Crippen LogP) is 5.51. The lowest BCUT2D eigenvalue weighted by Crippen LogP contribution is -2.12. The fourth-order valence-corrected chi connectivity index (χ4v) is 4.48. The molecule has 4 nitrogen and oxygen atoms in total. The summed E-state index contributed by atoms with van der Waals surface area (Å²) in [6.45, 7) is 1.70. The summed E-state index contributed by atoms with van der Waals surface area (Å²) in [5, 5.41) is 12.9. The Morgan fingerprint density at radius 3 is 2.73 bits per heavy atom. The molecule has 4 rings (SSSR count). The van der Waals surface area contributed by atoms with Crippen molar-refractivity contribution in [2.75, 3.05) is 0 Å². The third-order valence-electron chi connectivity index (χ3n) is 4.30. The molecular weight excluding hydrogens is 412 g/mol. The van der Waals surface area contributed by atoms with Crippen LogP contribution in [0.5, 0.6) is 0 Å². The largest absolute Gasteiger partial charge is 0.480 e. The Bertz CT molecular complexity index is 1140. The van der Waals surface area contributed by atoms with Crippen LogP contribution in [0.1, 0.15) is 6.92 Å². The van der Waals surface area contributed by atoms with Crippen molar-refractivity contribution >= 4 is 55.3 Å². The minimum absolute atomic E-state index is 0.548. The van der Waals surface area contributed by atoms with Crippen LogP contribution < -0.4 is 0 Å². The average molecular weight is 427 g/mol. The van der Waals surface area contributed by atoms with E-state index in [0.29, 0.717) is 0 Å². The number of thioether (sulfide) groups is 1. The Morgan fingerprint density at radius 2 is 1.96 bits per heavy atom. The number of hydrogen-bond donors (Lipinski definition) is 1. The minimum Gasteiger partial charge on any atom is -0.480 e. The first-order chi connectivity index (χ1) is 12.6. The number of carboxylic acid groups (broad SMARTS) is 1. The molecule has 2 heterocycles. The van der Waals surface area contributed by atoms with Gasteiger partial charge in [-0.15, -0.1) is 0 Å². The zero-order chi connectivity index (χ0) is 18.3. The molecule has 130 valence electrons. The number of carboxylic acids is 1. The lowest BCUT2D eigenvalue weighted by atomic mass is 10.1.